The number of carbonyl (C=O) groups excluding carboxylic acids is 1. The lowest BCUT2D eigenvalue weighted by Crippen LogP contribution is -2.40. The molecule has 5 rings (SSSR count). The van der Waals surface area contributed by atoms with E-state index < -0.39 is 0 Å². The average molecular weight is 448 g/mol. The number of rotatable bonds is 8. The second-order valence-corrected chi connectivity index (χ2v) is 9.66. The predicted molar refractivity (Wildman–Crippen MR) is 134 cm³/mol. The minimum Gasteiger partial charge on any atom is -0.379 e. The molecule has 0 N–H and O–H groups in total. The lowest BCUT2D eigenvalue weighted by Gasteiger charge is -2.29. The molecule has 1 aromatic heterocycles. The summed E-state index contributed by atoms with van der Waals surface area (Å²) in [7, 11) is 0. The number of nitrogens with zero attached hydrogens (tertiary/aromatic N) is 3. The van der Waals surface area contributed by atoms with E-state index >= 15 is 0 Å². The third-order valence-corrected chi connectivity index (χ3v) is 7.55. The molecule has 1 aliphatic heterocycles. The monoisotopic (exact) mass is 447 g/mol. The summed E-state index contributed by atoms with van der Waals surface area (Å²) in [5.41, 5.74) is 3.80. The number of benzene rings is 2. The van der Waals surface area contributed by atoms with Crippen molar-refractivity contribution in [3.63, 3.8) is 0 Å². The number of carbonyl (C=O) groups is 1. The fraction of sp³-hybridized carbons (Fsp3) is 0.536. The van der Waals surface area contributed by atoms with Gasteiger partial charge in [-0.25, -0.2) is 0 Å². The molecule has 1 amide bonds. The molecule has 1 saturated heterocycles. The molecule has 2 aliphatic rings. The molecule has 2 heterocycles. The number of fused-ring (bicyclic) bond motifs is 3. The molecule has 0 unspecified atom stereocenters. The van der Waals surface area contributed by atoms with Crippen LogP contribution < -0.4 is 0 Å². The van der Waals surface area contributed by atoms with Gasteiger partial charge in [0.25, 0.3) is 0 Å². The zero-order valence-electron chi connectivity index (χ0n) is 20.0. The third-order valence-electron chi connectivity index (χ3n) is 7.55. The molecular formula is C28H37N3O2. The summed E-state index contributed by atoms with van der Waals surface area (Å²) in [4.78, 5) is 18.1. The SMILES string of the molecule is CCn1c2ccccc2c2cc(CN(CCCN3CCOCC3)C(=O)C3CCCC3)ccc21. The molecule has 2 fully saturated rings. The van der Waals surface area contributed by atoms with Gasteiger partial charge >= 0.3 is 0 Å². The van der Waals surface area contributed by atoms with Crippen molar-refractivity contribution in [1.82, 2.24) is 14.4 Å². The van der Waals surface area contributed by atoms with Crippen LogP contribution in [0.2, 0.25) is 0 Å². The van der Waals surface area contributed by atoms with Gasteiger partial charge in [-0.15, -0.1) is 0 Å². The summed E-state index contributed by atoms with van der Waals surface area (Å²) in [5, 5.41) is 2.60. The third kappa shape index (κ3) is 4.80. The highest BCUT2D eigenvalue weighted by Gasteiger charge is 2.27. The van der Waals surface area contributed by atoms with Crippen LogP contribution in [0.5, 0.6) is 0 Å². The van der Waals surface area contributed by atoms with E-state index in [1.165, 1.54) is 40.2 Å². The molecule has 5 heteroatoms. The second-order valence-electron chi connectivity index (χ2n) is 9.66. The van der Waals surface area contributed by atoms with Gasteiger partial charge in [-0.1, -0.05) is 37.1 Å². The van der Waals surface area contributed by atoms with Crippen LogP contribution >= 0.6 is 0 Å². The van der Waals surface area contributed by atoms with Crippen LogP contribution in [0.15, 0.2) is 42.5 Å². The van der Waals surface area contributed by atoms with Crippen LogP contribution in [0, 0.1) is 5.92 Å². The summed E-state index contributed by atoms with van der Waals surface area (Å²) < 4.78 is 7.87. The second kappa shape index (κ2) is 10.3. The van der Waals surface area contributed by atoms with Gasteiger partial charge in [0.15, 0.2) is 0 Å². The Balaban J connectivity index is 1.36. The number of ether oxygens (including phenoxy) is 1. The topological polar surface area (TPSA) is 37.7 Å². The van der Waals surface area contributed by atoms with E-state index in [0.29, 0.717) is 12.5 Å². The van der Waals surface area contributed by atoms with Gasteiger partial charge in [-0.05, 0) is 49.9 Å². The fourth-order valence-corrected chi connectivity index (χ4v) is 5.77. The lowest BCUT2D eigenvalue weighted by molar-refractivity contribution is -0.136. The Bertz CT molecular complexity index is 1090. The van der Waals surface area contributed by atoms with Crippen LogP contribution in [-0.4, -0.2) is 59.7 Å². The molecule has 1 aliphatic carbocycles. The quantitative estimate of drug-likeness (QED) is 0.485. The molecule has 1 saturated carbocycles. The summed E-state index contributed by atoms with van der Waals surface area (Å²) in [6.07, 6.45) is 5.53. The van der Waals surface area contributed by atoms with Crippen LogP contribution in [0.4, 0.5) is 0 Å². The Morgan fingerprint density at radius 3 is 2.58 bits per heavy atom. The summed E-state index contributed by atoms with van der Waals surface area (Å²) in [6.45, 7) is 9.42. The summed E-state index contributed by atoms with van der Waals surface area (Å²) >= 11 is 0. The van der Waals surface area contributed by atoms with Crippen LogP contribution in [0.1, 0.15) is 44.6 Å². The van der Waals surface area contributed by atoms with Gasteiger partial charge in [-0.2, -0.15) is 0 Å². The smallest absolute Gasteiger partial charge is 0.225 e. The molecule has 3 aromatic rings. The summed E-state index contributed by atoms with van der Waals surface area (Å²) in [6, 6.07) is 15.5. The molecule has 0 radical (unpaired) electrons. The Hall–Kier alpha value is -2.37. The number of amides is 1. The highest BCUT2D eigenvalue weighted by Crippen LogP contribution is 2.31. The van der Waals surface area contributed by atoms with E-state index in [4.69, 9.17) is 4.74 Å². The highest BCUT2D eigenvalue weighted by molar-refractivity contribution is 6.08. The first-order chi connectivity index (χ1) is 16.2. The first-order valence-electron chi connectivity index (χ1n) is 12.8. The predicted octanol–water partition coefficient (Wildman–Crippen LogP) is 5.06. The van der Waals surface area contributed by atoms with Crippen molar-refractivity contribution in [2.45, 2.75) is 52.1 Å². The van der Waals surface area contributed by atoms with E-state index in [0.717, 1.165) is 65.2 Å². The van der Waals surface area contributed by atoms with Gasteiger partial charge < -0.3 is 14.2 Å². The van der Waals surface area contributed by atoms with Crippen molar-refractivity contribution in [2.75, 3.05) is 39.4 Å². The van der Waals surface area contributed by atoms with Crippen molar-refractivity contribution in [3.8, 4) is 0 Å². The van der Waals surface area contributed by atoms with Crippen molar-refractivity contribution >= 4 is 27.7 Å². The zero-order valence-corrected chi connectivity index (χ0v) is 20.0. The van der Waals surface area contributed by atoms with Gasteiger partial charge in [0.05, 0.1) is 13.2 Å². The van der Waals surface area contributed by atoms with Crippen LogP contribution in [0.25, 0.3) is 21.8 Å². The minimum atomic E-state index is 0.221. The average Bonchev–Trinajstić information content (AvgIpc) is 3.50. The van der Waals surface area contributed by atoms with Gasteiger partial charge in [0, 0.05) is 67.0 Å². The number of hydrogen-bond donors (Lipinski definition) is 0. The van der Waals surface area contributed by atoms with Crippen LogP contribution in [0.3, 0.4) is 0 Å². The maximum Gasteiger partial charge on any atom is 0.225 e. The van der Waals surface area contributed by atoms with E-state index in [9.17, 15) is 4.79 Å². The van der Waals surface area contributed by atoms with Gasteiger partial charge in [-0.3, -0.25) is 9.69 Å². The normalized spacial score (nSPS) is 17.8. The van der Waals surface area contributed by atoms with Crippen molar-refractivity contribution in [3.05, 3.63) is 48.0 Å². The maximum absolute atomic E-state index is 13.4. The fourth-order valence-electron chi connectivity index (χ4n) is 5.77. The first kappa shape index (κ1) is 22.4. The Kier molecular flexibility index (Phi) is 6.98. The Morgan fingerprint density at radius 1 is 1.03 bits per heavy atom. The first-order valence-corrected chi connectivity index (χ1v) is 12.8. The number of para-hydroxylation sites is 1. The molecule has 176 valence electrons. The molecule has 0 spiro atoms. The standard InChI is InChI=1S/C28H37N3O2/c1-2-31-26-11-6-5-10-24(26)25-20-22(12-13-27(25)31)21-30(28(32)23-8-3-4-9-23)15-7-14-29-16-18-33-19-17-29/h5-6,10-13,20,23H,2-4,7-9,14-19,21H2,1H3. The number of aromatic nitrogens is 1. The number of aryl methyl sites for hydroxylation is 1. The Morgan fingerprint density at radius 2 is 1.79 bits per heavy atom. The summed E-state index contributed by atoms with van der Waals surface area (Å²) in [5.74, 6) is 0.588. The number of morpholine rings is 1. The maximum atomic E-state index is 13.4. The lowest BCUT2D eigenvalue weighted by atomic mass is 10.0. The molecule has 33 heavy (non-hydrogen) atoms. The van der Waals surface area contributed by atoms with Crippen LogP contribution in [-0.2, 0) is 22.6 Å². The minimum absolute atomic E-state index is 0.221. The molecule has 0 atom stereocenters. The Labute approximate surface area is 197 Å². The van der Waals surface area contributed by atoms with Gasteiger partial charge in [0.1, 0.15) is 0 Å². The van der Waals surface area contributed by atoms with E-state index in [-0.39, 0.29) is 5.92 Å². The van der Waals surface area contributed by atoms with E-state index in [2.05, 4.69) is 63.8 Å². The van der Waals surface area contributed by atoms with Crippen molar-refractivity contribution in [1.29, 1.82) is 0 Å². The largest absolute Gasteiger partial charge is 0.379 e. The zero-order chi connectivity index (χ0) is 22.6. The van der Waals surface area contributed by atoms with E-state index in [1.54, 1.807) is 0 Å². The van der Waals surface area contributed by atoms with Gasteiger partial charge in [0.2, 0.25) is 5.91 Å². The molecule has 2 aromatic carbocycles. The number of hydrogen-bond acceptors (Lipinski definition) is 3. The van der Waals surface area contributed by atoms with E-state index in [1.807, 2.05) is 0 Å². The van der Waals surface area contributed by atoms with Crippen molar-refractivity contribution in [2.24, 2.45) is 5.92 Å². The molecule has 5 nitrogen and oxygen atoms in total. The van der Waals surface area contributed by atoms with Crippen molar-refractivity contribution < 1.29 is 9.53 Å². The molecular weight excluding hydrogens is 410 g/mol. The molecule has 0 bridgehead atoms. The highest BCUT2D eigenvalue weighted by atomic mass is 16.5.